The van der Waals surface area contributed by atoms with Gasteiger partial charge in [-0.3, -0.25) is 14.5 Å². The predicted octanol–water partition coefficient (Wildman–Crippen LogP) is 2.87. The number of rotatable bonds is 5. The van der Waals surface area contributed by atoms with Gasteiger partial charge < -0.3 is 14.2 Å². The fraction of sp³-hybridized carbons (Fsp3) is 0.800. The van der Waals surface area contributed by atoms with Crippen LogP contribution in [0.3, 0.4) is 0 Å². The van der Waals surface area contributed by atoms with Crippen LogP contribution in [0, 0.1) is 5.92 Å². The molecule has 8 nitrogen and oxygen atoms in total. The second-order valence-corrected chi connectivity index (χ2v) is 8.90. The molecular formula is C20H33NO7. The molecule has 0 radical (unpaired) electrons. The lowest BCUT2D eigenvalue weighted by molar-refractivity contribution is -0.164. The summed E-state index contributed by atoms with van der Waals surface area (Å²) >= 11 is 0. The standard InChI is InChI=1S/C20H33NO7/c1-8-26-16(23)11-15(22)13-9-10-14(17(24)27-19(2,3)4)21(12-13)18(25)28-20(5,6)7/h13-14H,8-12H2,1-7H3/t13-,14-/m0/s1. The number of hydrogen-bond acceptors (Lipinski definition) is 7. The van der Waals surface area contributed by atoms with Crippen LogP contribution in [0.1, 0.15) is 67.7 Å². The summed E-state index contributed by atoms with van der Waals surface area (Å²) in [7, 11) is 0. The zero-order valence-electron chi connectivity index (χ0n) is 18.0. The highest BCUT2D eigenvalue weighted by molar-refractivity contribution is 5.97. The van der Waals surface area contributed by atoms with Gasteiger partial charge in [0.05, 0.1) is 6.61 Å². The fourth-order valence-electron chi connectivity index (χ4n) is 2.87. The van der Waals surface area contributed by atoms with Crippen molar-refractivity contribution < 1.29 is 33.4 Å². The number of carbonyl (C=O) groups excluding carboxylic acids is 4. The predicted molar refractivity (Wildman–Crippen MR) is 102 cm³/mol. The summed E-state index contributed by atoms with van der Waals surface area (Å²) in [6, 6.07) is -0.833. The van der Waals surface area contributed by atoms with Crippen molar-refractivity contribution in [1.82, 2.24) is 4.90 Å². The lowest BCUT2D eigenvalue weighted by Gasteiger charge is -2.39. The van der Waals surface area contributed by atoms with Crippen LogP contribution in [0.25, 0.3) is 0 Å². The normalized spacial score (nSPS) is 20.3. The zero-order valence-corrected chi connectivity index (χ0v) is 18.0. The summed E-state index contributed by atoms with van der Waals surface area (Å²) in [4.78, 5) is 50.6. The first-order chi connectivity index (χ1) is 12.7. The maximum atomic E-state index is 12.7. The second-order valence-electron chi connectivity index (χ2n) is 8.90. The Kier molecular flexibility index (Phi) is 8.02. The van der Waals surface area contributed by atoms with E-state index in [1.54, 1.807) is 48.5 Å². The monoisotopic (exact) mass is 399 g/mol. The van der Waals surface area contributed by atoms with Gasteiger partial charge in [0.2, 0.25) is 0 Å². The van der Waals surface area contributed by atoms with Crippen LogP contribution in [-0.4, -0.2) is 59.1 Å². The molecule has 0 aromatic heterocycles. The van der Waals surface area contributed by atoms with Crippen LogP contribution in [0.4, 0.5) is 4.79 Å². The Balaban J connectivity index is 2.96. The number of likely N-dealkylation sites (tertiary alicyclic amines) is 1. The van der Waals surface area contributed by atoms with E-state index in [1.807, 2.05) is 0 Å². The summed E-state index contributed by atoms with van der Waals surface area (Å²) in [6.07, 6.45) is -0.399. The van der Waals surface area contributed by atoms with Gasteiger partial charge in [0, 0.05) is 12.5 Å². The van der Waals surface area contributed by atoms with Crippen molar-refractivity contribution in [2.24, 2.45) is 5.92 Å². The van der Waals surface area contributed by atoms with E-state index in [0.29, 0.717) is 6.42 Å². The van der Waals surface area contributed by atoms with E-state index >= 15 is 0 Å². The fourth-order valence-corrected chi connectivity index (χ4v) is 2.87. The Hall–Kier alpha value is -2.12. The zero-order chi connectivity index (χ0) is 21.7. The van der Waals surface area contributed by atoms with Gasteiger partial charge >= 0.3 is 18.0 Å². The van der Waals surface area contributed by atoms with Gasteiger partial charge in [-0.1, -0.05) is 0 Å². The topological polar surface area (TPSA) is 99.2 Å². The van der Waals surface area contributed by atoms with Crippen LogP contribution in [-0.2, 0) is 28.6 Å². The van der Waals surface area contributed by atoms with Crippen LogP contribution in [0.15, 0.2) is 0 Å². The third-order valence-electron chi connectivity index (χ3n) is 3.97. The van der Waals surface area contributed by atoms with Gasteiger partial charge in [-0.05, 0) is 61.3 Å². The van der Waals surface area contributed by atoms with Crippen LogP contribution in [0.5, 0.6) is 0 Å². The van der Waals surface area contributed by atoms with E-state index in [2.05, 4.69) is 0 Å². The molecular weight excluding hydrogens is 366 g/mol. The molecule has 1 amide bonds. The number of Topliss-reactive ketones (excluding diaryl/α,β-unsaturated/α-hetero) is 1. The molecule has 0 saturated carbocycles. The van der Waals surface area contributed by atoms with Gasteiger partial charge in [0.1, 0.15) is 29.4 Å². The molecule has 0 spiro atoms. The van der Waals surface area contributed by atoms with Gasteiger partial charge in [0.25, 0.3) is 0 Å². The first-order valence-corrected chi connectivity index (χ1v) is 9.64. The number of esters is 2. The number of ketones is 1. The van der Waals surface area contributed by atoms with E-state index in [0.717, 1.165) is 0 Å². The third-order valence-corrected chi connectivity index (χ3v) is 3.97. The highest BCUT2D eigenvalue weighted by Crippen LogP contribution is 2.27. The number of amides is 1. The molecule has 1 aliphatic heterocycles. The highest BCUT2D eigenvalue weighted by atomic mass is 16.6. The van der Waals surface area contributed by atoms with E-state index in [1.165, 1.54) is 4.90 Å². The molecule has 8 heteroatoms. The summed E-state index contributed by atoms with van der Waals surface area (Å²) in [5, 5.41) is 0. The molecule has 2 atom stereocenters. The maximum absolute atomic E-state index is 12.7. The minimum absolute atomic E-state index is 0.00292. The minimum Gasteiger partial charge on any atom is -0.466 e. The van der Waals surface area contributed by atoms with E-state index in [4.69, 9.17) is 14.2 Å². The SMILES string of the molecule is CCOC(=O)CC(=O)[C@H]1CC[C@@H](C(=O)OC(C)(C)C)N(C(=O)OC(C)(C)C)C1. The number of carbonyl (C=O) groups is 4. The summed E-state index contributed by atoms with van der Waals surface area (Å²) in [5.41, 5.74) is -1.45. The number of hydrogen-bond donors (Lipinski definition) is 0. The molecule has 1 fully saturated rings. The lowest BCUT2D eigenvalue weighted by Crippen LogP contribution is -2.54. The average molecular weight is 399 g/mol. The maximum Gasteiger partial charge on any atom is 0.411 e. The van der Waals surface area contributed by atoms with Crippen molar-refractivity contribution in [2.45, 2.75) is 85.0 Å². The van der Waals surface area contributed by atoms with Crippen LogP contribution < -0.4 is 0 Å². The lowest BCUT2D eigenvalue weighted by atomic mass is 9.88. The quantitative estimate of drug-likeness (QED) is 0.398. The molecule has 1 heterocycles. The summed E-state index contributed by atoms with van der Waals surface area (Å²) in [6.45, 7) is 12.3. The average Bonchev–Trinajstić information content (AvgIpc) is 2.51. The molecule has 28 heavy (non-hydrogen) atoms. The Morgan fingerprint density at radius 1 is 0.929 bits per heavy atom. The highest BCUT2D eigenvalue weighted by Gasteiger charge is 2.42. The number of piperidine rings is 1. The van der Waals surface area contributed by atoms with Crippen molar-refractivity contribution >= 4 is 23.8 Å². The van der Waals surface area contributed by atoms with Crippen LogP contribution >= 0.6 is 0 Å². The van der Waals surface area contributed by atoms with Gasteiger partial charge in [-0.2, -0.15) is 0 Å². The van der Waals surface area contributed by atoms with Gasteiger partial charge in [0.15, 0.2) is 0 Å². The van der Waals surface area contributed by atoms with Crippen molar-refractivity contribution in [3.05, 3.63) is 0 Å². The minimum atomic E-state index is -0.833. The third kappa shape index (κ3) is 7.86. The van der Waals surface area contributed by atoms with Crippen LogP contribution in [0.2, 0.25) is 0 Å². The Morgan fingerprint density at radius 2 is 1.50 bits per heavy atom. The van der Waals surface area contributed by atoms with E-state index in [9.17, 15) is 19.2 Å². The Labute approximate surface area is 166 Å². The van der Waals surface area contributed by atoms with E-state index < -0.39 is 41.2 Å². The molecule has 160 valence electrons. The molecule has 0 unspecified atom stereocenters. The molecule has 0 aliphatic carbocycles. The molecule has 0 bridgehead atoms. The largest absolute Gasteiger partial charge is 0.466 e. The summed E-state index contributed by atoms with van der Waals surface area (Å²) < 4.78 is 15.7. The van der Waals surface area contributed by atoms with Crippen molar-refractivity contribution in [1.29, 1.82) is 0 Å². The second kappa shape index (κ2) is 9.39. The van der Waals surface area contributed by atoms with Crippen molar-refractivity contribution in [3.63, 3.8) is 0 Å². The first-order valence-electron chi connectivity index (χ1n) is 9.64. The Morgan fingerprint density at radius 3 is 2.00 bits per heavy atom. The Bertz CT molecular complexity index is 601. The molecule has 1 rings (SSSR count). The molecule has 1 aliphatic rings. The van der Waals surface area contributed by atoms with Gasteiger partial charge in [-0.25, -0.2) is 9.59 Å². The smallest absolute Gasteiger partial charge is 0.411 e. The summed E-state index contributed by atoms with van der Waals surface area (Å²) in [5.74, 6) is -1.99. The molecule has 0 N–H and O–H groups in total. The molecule has 0 aromatic carbocycles. The number of ether oxygens (including phenoxy) is 3. The molecule has 0 aromatic rings. The van der Waals surface area contributed by atoms with Crippen molar-refractivity contribution in [2.75, 3.05) is 13.2 Å². The number of nitrogens with zero attached hydrogens (tertiary/aromatic N) is 1. The van der Waals surface area contributed by atoms with Gasteiger partial charge in [-0.15, -0.1) is 0 Å². The van der Waals surface area contributed by atoms with E-state index in [-0.39, 0.29) is 31.8 Å². The first kappa shape index (κ1) is 23.9. The molecule has 1 saturated heterocycles. The van der Waals surface area contributed by atoms with Crippen molar-refractivity contribution in [3.8, 4) is 0 Å².